The van der Waals surface area contributed by atoms with Gasteiger partial charge in [-0.05, 0) is 6.42 Å². The van der Waals surface area contributed by atoms with E-state index in [0.717, 1.165) is 6.42 Å². The lowest BCUT2D eigenvalue weighted by molar-refractivity contribution is 0.544. The second-order valence-electron chi connectivity index (χ2n) is 2.25. The van der Waals surface area contributed by atoms with E-state index in [0.29, 0.717) is 0 Å². The molecule has 1 unspecified atom stereocenters. The second kappa shape index (κ2) is 3.14. The van der Waals surface area contributed by atoms with Crippen LogP contribution in [-0.4, -0.2) is 20.6 Å². The fraction of sp³-hybridized carbons (Fsp3) is 0.500. The van der Waals surface area contributed by atoms with Crippen LogP contribution in [0.4, 0.5) is 0 Å². The predicted octanol–water partition coefficient (Wildman–Crippen LogP) is 0.165. The van der Waals surface area contributed by atoms with Gasteiger partial charge >= 0.3 is 0 Å². The molecule has 0 bridgehead atoms. The summed E-state index contributed by atoms with van der Waals surface area (Å²) in [6.45, 7) is 1.95. The van der Waals surface area contributed by atoms with Gasteiger partial charge in [0.2, 0.25) is 0 Å². The SMILES string of the molecule is CCC(C(=N)N)n1cncn1. The van der Waals surface area contributed by atoms with Crippen molar-refractivity contribution < 1.29 is 0 Å². The molecule has 3 N–H and O–H groups in total. The lowest BCUT2D eigenvalue weighted by atomic mass is 10.2. The van der Waals surface area contributed by atoms with E-state index in [1.54, 1.807) is 11.0 Å². The fourth-order valence-corrected chi connectivity index (χ4v) is 0.928. The van der Waals surface area contributed by atoms with Crippen LogP contribution in [0.2, 0.25) is 0 Å². The van der Waals surface area contributed by atoms with E-state index in [-0.39, 0.29) is 11.9 Å². The largest absolute Gasteiger partial charge is 0.386 e. The number of rotatable bonds is 3. The predicted molar refractivity (Wildman–Crippen MR) is 41.3 cm³/mol. The van der Waals surface area contributed by atoms with E-state index in [1.165, 1.54) is 6.33 Å². The number of amidine groups is 1. The van der Waals surface area contributed by atoms with Gasteiger partial charge in [0, 0.05) is 0 Å². The van der Waals surface area contributed by atoms with E-state index in [1.807, 2.05) is 6.92 Å². The van der Waals surface area contributed by atoms with Gasteiger partial charge in [0.25, 0.3) is 0 Å². The number of hydrogen-bond acceptors (Lipinski definition) is 3. The number of aromatic nitrogens is 3. The number of hydrogen-bond donors (Lipinski definition) is 2. The average Bonchev–Trinajstić information content (AvgIpc) is 2.40. The zero-order valence-corrected chi connectivity index (χ0v) is 6.36. The molecule has 0 saturated heterocycles. The van der Waals surface area contributed by atoms with E-state index in [2.05, 4.69) is 10.1 Å². The summed E-state index contributed by atoms with van der Waals surface area (Å²) in [4.78, 5) is 3.77. The van der Waals surface area contributed by atoms with Crippen LogP contribution in [0, 0.1) is 5.41 Å². The Kier molecular flexibility index (Phi) is 2.20. The molecule has 60 valence electrons. The number of nitrogens with two attached hydrogens (primary N) is 1. The van der Waals surface area contributed by atoms with Gasteiger partial charge in [0.15, 0.2) is 0 Å². The Balaban J connectivity index is 2.79. The first-order valence-electron chi connectivity index (χ1n) is 3.43. The summed E-state index contributed by atoms with van der Waals surface area (Å²) in [5.74, 6) is 0.123. The van der Waals surface area contributed by atoms with Crippen molar-refractivity contribution in [2.45, 2.75) is 19.4 Å². The molecule has 1 atom stereocenters. The summed E-state index contributed by atoms with van der Waals surface area (Å²) in [7, 11) is 0. The maximum atomic E-state index is 7.22. The maximum absolute atomic E-state index is 7.22. The minimum atomic E-state index is -0.141. The molecule has 5 heteroatoms. The molecule has 0 radical (unpaired) electrons. The number of nitrogens with zero attached hydrogens (tertiary/aromatic N) is 3. The Morgan fingerprint density at radius 1 is 1.82 bits per heavy atom. The average molecular weight is 153 g/mol. The number of nitrogens with one attached hydrogen (secondary N) is 1. The van der Waals surface area contributed by atoms with Crippen molar-refractivity contribution >= 4 is 5.84 Å². The first kappa shape index (κ1) is 7.71. The Hall–Kier alpha value is -1.39. The third-order valence-corrected chi connectivity index (χ3v) is 1.50. The van der Waals surface area contributed by atoms with Gasteiger partial charge in [-0.2, -0.15) is 5.10 Å². The van der Waals surface area contributed by atoms with Crippen LogP contribution < -0.4 is 5.73 Å². The van der Waals surface area contributed by atoms with E-state index in [9.17, 15) is 0 Å². The molecule has 1 aromatic rings. The van der Waals surface area contributed by atoms with Crippen molar-refractivity contribution in [3.63, 3.8) is 0 Å². The van der Waals surface area contributed by atoms with E-state index < -0.39 is 0 Å². The third-order valence-electron chi connectivity index (χ3n) is 1.50. The molecule has 0 aromatic carbocycles. The molecule has 0 aliphatic rings. The van der Waals surface area contributed by atoms with Crippen molar-refractivity contribution in [2.75, 3.05) is 0 Å². The molecule has 1 rings (SSSR count). The monoisotopic (exact) mass is 153 g/mol. The van der Waals surface area contributed by atoms with Gasteiger partial charge in [-0.1, -0.05) is 6.92 Å². The van der Waals surface area contributed by atoms with Gasteiger partial charge in [-0.3, -0.25) is 5.41 Å². The van der Waals surface area contributed by atoms with Crippen LogP contribution >= 0.6 is 0 Å². The van der Waals surface area contributed by atoms with Crippen LogP contribution in [0.5, 0.6) is 0 Å². The molecule has 0 amide bonds. The first-order valence-corrected chi connectivity index (χ1v) is 3.43. The topological polar surface area (TPSA) is 80.6 Å². The Morgan fingerprint density at radius 3 is 2.91 bits per heavy atom. The van der Waals surface area contributed by atoms with Gasteiger partial charge in [-0.25, -0.2) is 9.67 Å². The highest BCUT2D eigenvalue weighted by atomic mass is 15.3. The Labute approximate surface area is 64.7 Å². The van der Waals surface area contributed by atoms with Crippen LogP contribution in [0.1, 0.15) is 19.4 Å². The zero-order chi connectivity index (χ0) is 8.27. The molecule has 0 fully saturated rings. The molecule has 0 spiro atoms. The first-order chi connectivity index (χ1) is 5.25. The highest BCUT2D eigenvalue weighted by Gasteiger charge is 2.11. The summed E-state index contributed by atoms with van der Waals surface area (Å²) in [6.07, 6.45) is 3.76. The quantitative estimate of drug-likeness (QED) is 0.479. The lowest BCUT2D eigenvalue weighted by Gasteiger charge is -2.11. The molecule has 1 aromatic heterocycles. The molecular formula is C6H11N5. The van der Waals surface area contributed by atoms with Crippen molar-refractivity contribution in [2.24, 2.45) is 5.73 Å². The van der Waals surface area contributed by atoms with Gasteiger partial charge < -0.3 is 5.73 Å². The minimum absolute atomic E-state index is 0.123. The molecule has 0 aliphatic heterocycles. The summed E-state index contributed by atoms with van der Waals surface area (Å²) in [6, 6.07) is -0.141. The Bertz CT molecular complexity index is 227. The summed E-state index contributed by atoms with van der Waals surface area (Å²) in [5, 5.41) is 11.1. The second-order valence-corrected chi connectivity index (χ2v) is 2.25. The molecule has 1 heterocycles. The van der Waals surface area contributed by atoms with Crippen molar-refractivity contribution in [1.82, 2.24) is 14.8 Å². The summed E-state index contributed by atoms with van der Waals surface area (Å²) >= 11 is 0. The van der Waals surface area contributed by atoms with E-state index >= 15 is 0 Å². The highest BCUT2D eigenvalue weighted by molar-refractivity contribution is 5.80. The summed E-state index contributed by atoms with van der Waals surface area (Å²) < 4.78 is 1.59. The summed E-state index contributed by atoms with van der Waals surface area (Å²) in [5.41, 5.74) is 5.33. The van der Waals surface area contributed by atoms with E-state index in [4.69, 9.17) is 11.1 Å². The third kappa shape index (κ3) is 1.54. The molecule has 0 aliphatic carbocycles. The smallest absolute Gasteiger partial charge is 0.137 e. The van der Waals surface area contributed by atoms with Gasteiger partial charge in [0.1, 0.15) is 24.5 Å². The van der Waals surface area contributed by atoms with Crippen molar-refractivity contribution in [3.05, 3.63) is 12.7 Å². The maximum Gasteiger partial charge on any atom is 0.137 e. The van der Waals surface area contributed by atoms with Crippen molar-refractivity contribution in [1.29, 1.82) is 5.41 Å². The molecular weight excluding hydrogens is 142 g/mol. The van der Waals surface area contributed by atoms with Crippen LogP contribution in [0.3, 0.4) is 0 Å². The fourth-order valence-electron chi connectivity index (χ4n) is 0.928. The van der Waals surface area contributed by atoms with Crippen LogP contribution in [0.25, 0.3) is 0 Å². The van der Waals surface area contributed by atoms with Gasteiger partial charge in [-0.15, -0.1) is 0 Å². The lowest BCUT2D eigenvalue weighted by Crippen LogP contribution is -2.25. The molecule has 5 nitrogen and oxygen atoms in total. The van der Waals surface area contributed by atoms with Crippen molar-refractivity contribution in [3.8, 4) is 0 Å². The minimum Gasteiger partial charge on any atom is -0.386 e. The van der Waals surface area contributed by atoms with Gasteiger partial charge in [0.05, 0.1) is 0 Å². The Morgan fingerprint density at radius 2 is 2.55 bits per heavy atom. The standard InChI is InChI=1S/C6H11N5/c1-2-5(6(7)8)11-4-9-3-10-11/h3-5H,2H2,1H3,(H3,7,8). The molecule has 0 saturated carbocycles. The highest BCUT2D eigenvalue weighted by Crippen LogP contribution is 2.06. The normalized spacial score (nSPS) is 12.8. The van der Waals surface area contributed by atoms with Crippen LogP contribution in [0.15, 0.2) is 12.7 Å². The van der Waals surface area contributed by atoms with Crippen LogP contribution in [-0.2, 0) is 0 Å². The molecule has 11 heavy (non-hydrogen) atoms. The zero-order valence-electron chi connectivity index (χ0n) is 6.36.